The zero-order valence-electron chi connectivity index (χ0n) is 45.8. The summed E-state index contributed by atoms with van der Waals surface area (Å²) in [7, 11) is 0. The molecule has 0 unspecified atom stereocenters. The van der Waals surface area contributed by atoms with Crippen molar-refractivity contribution in [2.75, 3.05) is 6.54 Å². The molecule has 16 heterocycles. The first-order valence-electron chi connectivity index (χ1n) is 30.2. The number of carbonyl (C=O) groups is 1. The van der Waals surface area contributed by atoms with Gasteiger partial charge in [0.25, 0.3) is 0 Å². The molecule has 0 radical (unpaired) electrons. The normalized spacial score (nSPS) is 59.6. The number of aliphatic hydroxyl groups is 1. The molecule has 0 aliphatic carbocycles. The van der Waals surface area contributed by atoms with Crippen LogP contribution >= 0.6 is 0 Å². The van der Waals surface area contributed by atoms with E-state index in [2.05, 4.69) is 47.8 Å². The number of esters is 1. The number of nitrogens with two attached hydrogens (primary N) is 1. The van der Waals surface area contributed by atoms with Crippen molar-refractivity contribution in [2.24, 2.45) is 29.4 Å². The lowest BCUT2D eigenvalue weighted by molar-refractivity contribution is -0.370. The van der Waals surface area contributed by atoms with E-state index in [1.54, 1.807) is 0 Å². The summed E-state index contributed by atoms with van der Waals surface area (Å²) in [4.78, 5) is 14.6. The summed E-state index contributed by atoms with van der Waals surface area (Å²) in [6.07, 6.45) is 3.89. The van der Waals surface area contributed by atoms with E-state index < -0.39 is 65.7 Å². The number of ether oxygens (including phenoxy) is 15. The fourth-order valence-corrected chi connectivity index (χ4v) is 18.2. The molecule has 16 aliphatic heterocycles. The Morgan fingerprint density at radius 1 is 0.558 bits per heavy atom. The molecule has 3 N–H and O–H groups in total. The molecule has 18 heteroatoms. The number of aliphatic hydroxyl groups excluding tert-OH is 1. The van der Waals surface area contributed by atoms with Gasteiger partial charge in [0, 0.05) is 70.3 Å². The maximum Gasteiger partial charge on any atom is 0.308 e. The molecule has 77 heavy (non-hydrogen) atoms. The van der Waals surface area contributed by atoms with Gasteiger partial charge >= 0.3 is 5.97 Å². The monoisotopic (exact) mass is 1080 g/mol. The van der Waals surface area contributed by atoms with Crippen LogP contribution < -0.4 is 5.73 Å². The van der Waals surface area contributed by atoms with Crippen LogP contribution in [0.5, 0.6) is 0 Å². The number of fused-ring (bicyclic) bond motifs is 10. The zero-order valence-corrected chi connectivity index (χ0v) is 45.8. The lowest BCUT2D eigenvalue weighted by Crippen LogP contribution is -2.63. The highest BCUT2D eigenvalue weighted by molar-refractivity contribution is 5.70. The molecular weight excluding hydrogens is 995 g/mol. The molecular formula is C59H85NO17. The van der Waals surface area contributed by atoms with E-state index in [0.717, 1.165) is 49.7 Å². The molecule has 0 amide bonds. The predicted molar refractivity (Wildman–Crippen MR) is 270 cm³/mol. The molecule has 16 fully saturated rings. The molecule has 16 aliphatic rings. The molecule has 16 rings (SSSR count). The van der Waals surface area contributed by atoms with E-state index >= 15 is 0 Å². The van der Waals surface area contributed by atoms with E-state index in [0.29, 0.717) is 64.2 Å². The smallest absolute Gasteiger partial charge is 0.308 e. The van der Waals surface area contributed by atoms with Crippen molar-refractivity contribution in [3.8, 4) is 0 Å². The van der Waals surface area contributed by atoms with Crippen LogP contribution in [-0.4, -0.2) is 181 Å². The first-order chi connectivity index (χ1) is 36.9. The first kappa shape index (κ1) is 52.1. The molecule has 428 valence electrons. The Bertz CT molecular complexity index is 2330. The highest BCUT2D eigenvalue weighted by Gasteiger charge is 2.74. The predicted octanol–water partition coefficient (Wildman–Crippen LogP) is 5.53. The quantitative estimate of drug-likeness (QED) is 0.245. The molecule has 0 aromatic heterocycles. The maximum absolute atomic E-state index is 14.6. The van der Waals surface area contributed by atoms with Crippen molar-refractivity contribution in [1.82, 2.24) is 0 Å². The van der Waals surface area contributed by atoms with Crippen LogP contribution in [-0.2, 0) is 75.8 Å². The van der Waals surface area contributed by atoms with Crippen molar-refractivity contribution in [3.63, 3.8) is 0 Å². The van der Waals surface area contributed by atoms with Gasteiger partial charge in [-0.25, -0.2) is 0 Å². The first-order valence-corrected chi connectivity index (χ1v) is 30.2. The van der Waals surface area contributed by atoms with E-state index in [1.807, 2.05) is 0 Å². The summed E-state index contributed by atoms with van der Waals surface area (Å²) in [6.45, 7) is 20.3. The summed E-state index contributed by atoms with van der Waals surface area (Å²) >= 11 is 0. The fourth-order valence-electron chi connectivity index (χ4n) is 18.2. The standard InChI is InChI=1S/C59H85NO17/c1-26-14-32-8-10-36-27(2)15-34(63-36)12-13-57-24-46-56(7,77-57)55-54(70-46)53(76-57)52-37(69-55)11-9-33(65-52)16-47(62)71-51-31(6)50-41(66-40(51)18-38(64-32)30(26)5)19-39-43(67-50)22-59(72-39)23-44-49(75-59)29(4)21-58(74-44)20-28(3)48-42(73-58)17-35(61)45(25-60)68-48/h26,28-29,31-46,48-55,61H,2,5,8-25,60H2,1,3-4,6-7H3/t26-,28+,29+,31+,32+,33-,34+,35-,36+,37+,38-,39-,40+,41+,42+,43-,44+,45-,46-,48+,49+,50+,51-,52+,53+,54+,55-,56-,57-,58-,59+/m1/s1. The zero-order chi connectivity index (χ0) is 52.7. The summed E-state index contributed by atoms with van der Waals surface area (Å²) < 4.78 is 104. The van der Waals surface area contributed by atoms with Crippen molar-refractivity contribution < 1.29 is 81.0 Å². The molecule has 0 aromatic carbocycles. The van der Waals surface area contributed by atoms with Gasteiger partial charge in [-0.3, -0.25) is 4.79 Å². The topological polar surface area (TPSA) is 202 Å². The van der Waals surface area contributed by atoms with Crippen LogP contribution in [0.25, 0.3) is 0 Å². The third kappa shape index (κ3) is 8.62. The molecule has 0 saturated carbocycles. The summed E-state index contributed by atoms with van der Waals surface area (Å²) in [5, 5.41) is 10.9. The molecule has 31 atom stereocenters. The Kier molecular flexibility index (Phi) is 12.8. The van der Waals surface area contributed by atoms with E-state index in [-0.39, 0.29) is 140 Å². The van der Waals surface area contributed by atoms with Gasteiger partial charge < -0.3 is 81.9 Å². The summed E-state index contributed by atoms with van der Waals surface area (Å²) in [6, 6.07) is 0. The van der Waals surface area contributed by atoms with Crippen LogP contribution in [0.1, 0.15) is 144 Å². The van der Waals surface area contributed by atoms with Gasteiger partial charge in [-0.1, -0.05) is 40.9 Å². The second-order valence-electron chi connectivity index (χ2n) is 27.3. The van der Waals surface area contributed by atoms with Crippen molar-refractivity contribution in [2.45, 2.75) is 307 Å². The lowest BCUT2D eigenvalue weighted by atomic mass is 9.78. The van der Waals surface area contributed by atoms with Crippen LogP contribution in [0.3, 0.4) is 0 Å². The van der Waals surface area contributed by atoms with E-state index in [9.17, 15) is 9.90 Å². The highest BCUT2D eigenvalue weighted by Crippen LogP contribution is 2.60. The SMILES string of the molecule is C=C1C[C@@H]2CC[C@@]34C[C@H]5O[C@H]6[C@@H](O3)[C@H]3O[C@H](CC[C@@H]3O[C@H]6[C@]5(C)O4)CC(=O)O[C@@H]3[C@@H](C)[C@@H]4O[C@@H]5C[C@]6(C[C@@H]7O[C@]8(C[C@H](C)[C@@H]9O[C@H](CN)[C@H](O)C[C@@H]9O8)C[C@H](C)[C@@H]7O6)O[C@@H]5C[C@@H]4O[C@H]3C[C@H]3O[C@@H](CC[C@@H]1O2)C[C@@H](C)C3=C. The Morgan fingerprint density at radius 2 is 1.29 bits per heavy atom. The van der Waals surface area contributed by atoms with Crippen LogP contribution in [0.15, 0.2) is 24.3 Å². The number of carbonyl (C=O) groups excluding carboxylic acids is 1. The van der Waals surface area contributed by atoms with Gasteiger partial charge in [-0.2, -0.15) is 0 Å². The Labute approximate surface area is 452 Å². The van der Waals surface area contributed by atoms with Crippen molar-refractivity contribution >= 4 is 5.97 Å². The minimum atomic E-state index is -0.899. The molecule has 3 spiro atoms. The van der Waals surface area contributed by atoms with Gasteiger partial charge in [0.15, 0.2) is 17.4 Å². The van der Waals surface area contributed by atoms with E-state index in [1.165, 1.54) is 0 Å². The van der Waals surface area contributed by atoms with Gasteiger partial charge in [-0.05, 0) is 80.8 Å². The number of hydrogen-bond donors (Lipinski definition) is 2. The summed E-state index contributed by atoms with van der Waals surface area (Å²) in [5.74, 6) is -2.63. The Balaban J connectivity index is 0.671. The summed E-state index contributed by atoms with van der Waals surface area (Å²) in [5.41, 5.74) is 7.49. The Hall–Kier alpha value is -1.69. The van der Waals surface area contributed by atoms with Crippen LogP contribution in [0, 0.1) is 23.7 Å². The minimum absolute atomic E-state index is 0.0105. The molecule has 18 nitrogen and oxygen atoms in total. The van der Waals surface area contributed by atoms with Gasteiger partial charge in [0.1, 0.15) is 36.1 Å². The fraction of sp³-hybridized carbons (Fsp3) is 0.915. The average Bonchev–Trinajstić information content (AvgIpc) is 4.15. The Morgan fingerprint density at radius 3 is 2.13 bits per heavy atom. The van der Waals surface area contributed by atoms with E-state index in [4.69, 9.17) is 76.8 Å². The number of rotatable bonds is 1. The molecule has 0 aromatic rings. The highest BCUT2D eigenvalue weighted by atomic mass is 16.8. The molecule has 12 bridgehead atoms. The average molecular weight is 1080 g/mol. The van der Waals surface area contributed by atoms with Gasteiger partial charge in [0.05, 0.1) is 116 Å². The van der Waals surface area contributed by atoms with Crippen LogP contribution in [0.4, 0.5) is 0 Å². The lowest BCUT2D eigenvalue weighted by Gasteiger charge is -2.54. The van der Waals surface area contributed by atoms with Crippen molar-refractivity contribution in [3.05, 3.63) is 24.3 Å². The third-order valence-electron chi connectivity index (χ3n) is 22.0. The largest absolute Gasteiger partial charge is 0.459 e. The third-order valence-corrected chi connectivity index (χ3v) is 22.0. The van der Waals surface area contributed by atoms with Gasteiger partial charge in [-0.15, -0.1) is 0 Å². The maximum atomic E-state index is 14.6. The minimum Gasteiger partial charge on any atom is -0.459 e. The molecule has 16 saturated heterocycles. The second kappa shape index (κ2) is 18.9. The van der Waals surface area contributed by atoms with Crippen LogP contribution in [0.2, 0.25) is 0 Å². The number of hydrogen-bond acceptors (Lipinski definition) is 18. The second-order valence-corrected chi connectivity index (χ2v) is 27.3. The van der Waals surface area contributed by atoms with Gasteiger partial charge in [0.2, 0.25) is 0 Å². The van der Waals surface area contributed by atoms with Crippen molar-refractivity contribution in [1.29, 1.82) is 0 Å².